The Bertz CT molecular complexity index is 1510. The zero-order valence-corrected chi connectivity index (χ0v) is 22.0. The highest BCUT2D eigenvalue weighted by Crippen LogP contribution is 2.29. The quantitative estimate of drug-likeness (QED) is 0.283. The first-order valence-corrected chi connectivity index (χ1v) is 13.0. The van der Waals surface area contributed by atoms with E-state index in [4.69, 9.17) is 0 Å². The summed E-state index contributed by atoms with van der Waals surface area (Å²) in [5.41, 5.74) is 4.58. The second-order valence-corrected chi connectivity index (χ2v) is 9.84. The highest BCUT2D eigenvalue weighted by atomic mass is 16.5. The van der Waals surface area contributed by atoms with Crippen LogP contribution >= 0.6 is 0 Å². The number of anilines is 1. The van der Waals surface area contributed by atoms with Gasteiger partial charge in [-0.25, -0.2) is 9.78 Å². The molecule has 0 saturated heterocycles. The first kappa shape index (κ1) is 26.2. The van der Waals surface area contributed by atoms with Crippen molar-refractivity contribution in [2.75, 3.05) is 12.0 Å². The molecule has 1 N–H and O–H groups in total. The lowest BCUT2D eigenvalue weighted by Gasteiger charge is -2.30. The molecule has 9 nitrogen and oxygen atoms in total. The van der Waals surface area contributed by atoms with Gasteiger partial charge in [-0.3, -0.25) is 19.4 Å². The van der Waals surface area contributed by atoms with Crippen LogP contribution < -0.4 is 4.90 Å². The van der Waals surface area contributed by atoms with Gasteiger partial charge >= 0.3 is 5.97 Å². The van der Waals surface area contributed by atoms with Crippen molar-refractivity contribution in [3.63, 3.8) is 0 Å². The van der Waals surface area contributed by atoms with Gasteiger partial charge in [0.25, 0.3) is 0 Å². The van der Waals surface area contributed by atoms with Gasteiger partial charge in [-0.2, -0.15) is 5.10 Å². The molecule has 1 aliphatic rings. The minimum atomic E-state index is -0.505. The molecule has 0 radical (unpaired) electrons. The standard InChI is InChI=1S/C30H31N5O4/c1-34-27-12-10-22(14-24(27)16-32-34)21-8-6-20(7-9-21)19-35(30(38)23-4-3-5-26(36)15-23)28-18-31-17-25(33-28)11-13-29(37)39-2/h6-14,16-18,23,26,36H,3-5,15,19H2,1-2H3/b13-11+. The summed E-state index contributed by atoms with van der Waals surface area (Å²) in [6.07, 6.45) is 9.87. The van der Waals surface area contributed by atoms with Crippen molar-refractivity contribution in [1.29, 1.82) is 0 Å². The van der Waals surface area contributed by atoms with Gasteiger partial charge < -0.3 is 9.84 Å². The van der Waals surface area contributed by atoms with Crippen molar-refractivity contribution < 1.29 is 19.4 Å². The molecule has 2 aromatic carbocycles. The smallest absolute Gasteiger partial charge is 0.330 e. The number of aromatic nitrogens is 4. The third-order valence-corrected chi connectivity index (χ3v) is 7.14. The number of hydrogen-bond acceptors (Lipinski definition) is 7. The number of benzene rings is 2. The zero-order valence-electron chi connectivity index (χ0n) is 22.0. The molecule has 1 fully saturated rings. The lowest BCUT2D eigenvalue weighted by atomic mass is 9.86. The molecule has 9 heteroatoms. The Balaban J connectivity index is 1.42. The van der Waals surface area contributed by atoms with E-state index >= 15 is 0 Å². The van der Waals surface area contributed by atoms with Crippen LogP contribution in [0.15, 0.2) is 67.1 Å². The van der Waals surface area contributed by atoms with Crippen LogP contribution in [0.4, 0.5) is 5.82 Å². The largest absolute Gasteiger partial charge is 0.466 e. The van der Waals surface area contributed by atoms with E-state index in [1.165, 1.54) is 25.5 Å². The van der Waals surface area contributed by atoms with Crippen molar-refractivity contribution in [3.05, 3.63) is 78.4 Å². The average Bonchev–Trinajstić information content (AvgIpc) is 3.34. The van der Waals surface area contributed by atoms with Gasteiger partial charge in [-0.15, -0.1) is 0 Å². The molecule has 2 unspecified atom stereocenters. The van der Waals surface area contributed by atoms with E-state index in [0.717, 1.165) is 40.4 Å². The van der Waals surface area contributed by atoms with Gasteiger partial charge in [-0.1, -0.05) is 36.8 Å². The number of esters is 1. The van der Waals surface area contributed by atoms with Crippen LogP contribution in [0.2, 0.25) is 0 Å². The van der Waals surface area contributed by atoms with Crippen molar-refractivity contribution in [2.45, 2.75) is 38.3 Å². The number of aryl methyl sites for hydroxylation is 1. The highest BCUT2D eigenvalue weighted by molar-refractivity contribution is 5.94. The summed E-state index contributed by atoms with van der Waals surface area (Å²) >= 11 is 0. The molecule has 0 spiro atoms. The molecular weight excluding hydrogens is 494 g/mol. The summed E-state index contributed by atoms with van der Waals surface area (Å²) in [5.74, 6) is -0.508. The van der Waals surface area contributed by atoms with E-state index in [0.29, 0.717) is 30.9 Å². The predicted molar refractivity (Wildman–Crippen MR) is 148 cm³/mol. The zero-order chi connectivity index (χ0) is 27.4. The molecule has 1 aliphatic carbocycles. The van der Waals surface area contributed by atoms with Crippen molar-refractivity contribution in [1.82, 2.24) is 19.7 Å². The maximum Gasteiger partial charge on any atom is 0.330 e. The molecule has 0 aliphatic heterocycles. The Morgan fingerprint density at radius 1 is 1.10 bits per heavy atom. The van der Waals surface area contributed by atoms with Gasteiger partial charge in [0, 0.05) is 24.4 Å². The third kappa shape index (κ3) is 6.04. The molecule has 0 bridgehead atoms. The van der Waals surface area contributed by atoms with E-state index < -0.39 is 12.1 Å². The molecule has 1 amide bonds. The van der Waals surface area contributed by atoms with Gasteiger partial charge in [-0.05, 0) is 54.2 Å². The van der Waals surface area contributed by atoms with Crippen LogP contribution in [-0.2, 0) is 27.9 Å². The van der Waals surface area contributed by atoms with Crippen molar-refractivity contribution in [2.24, 2.45) is 13.0 Å². The normalized spacial score (nSPS) is 17.4. The molecule has 2 aromatic heterocycles. The van der Waals surface area contributed by atoms with Crippen LogP contribution in [0.1, 0.15) is 36.9 Å². The maximum absolute atomic E-state index is 13.7. The van der Waals surface area contributed by atoms with Crippen LogP contribution in [0.3, 0.4) is 0 Å². The van der Waals surface area contributed by atoms with Crippen molar-refractivity contribution >= 4 is 34.7 Å². The molecule has 4 aromatic rings. The maximum atomic E-state index is 13.7. The number of hydrogen-bond donors (Lipinski definition) is 1. The van der Waals surface area contributed by atoms with E-state index in [-0.39, 0.29) is 11.8 Å². The first-order chi connectivity index (χ1) is 18.9. The second-order valence-electron chi connectivity index (χ2n) is 9.84. The fourth-order valence-corrected chi connectivity index (χ4v) is 5.01. The fourth-order valence-electron chi connectivity index (χ4n) is 5.01. The number of methoxy groups -OCH3 is 1. The summed E-state index contributed by atoms with van der Waals surface area (Å²) in [7, 11) is 3.23. The van der Waals surface area contributed by atoms with Gasteiger partial charge in [0.1, 0.15) is 0 Å². The molecular formula is C30H31N5O4. The number of aliphatic hydroxyl groups is 1. The minimum absolute atomic E-state index is 0.0942. The average molecular weight is 526 g/mol. The molecule has 5 rings (SSSR count). The molecule has 200 valence electrons. The topological polar surface area (TPSA) is 110 Å². The third-order valence-electron chi connectivity index (χ3n) is 7.14. The van der Waals surface area contributed by atoms with E-state index in [2.05, 4.69) is 38.0 Å². The SMILES string of the molecule is COC(=O)/C=C/c1cncc(N(Cc2ccc(-c3ccc4c(cnn4C)c3)cc2)C(=O)C2CCCC(O)C2)n1. The van der Waals surface area contributed by atoms with E-state index in [1.807, 2.05) is 42.2 Å². The Labute approximate surface area is 226 Å². The Morgan fingerprint density at radius 3 is 2.67 bits per heavy atom. The Hall–Kier alpha value is -4.37. The van der Waals surface area contributed by atoms with Crippen molar-refractivity contribution in [3.8, 4) is 11.1 Å². The number of aliphatic hydroxyl groups excluding tert-OH is 1. The lowest BCUT2D eigenvalue weighted by Crippen LogP contribution is -2.39. The monoisotopic (exact) mass is 525 g/mol. The molecule has 2 atom stereocenters. The number of amides is 1. The number of rotatable bonds is 7. The Kier molecular flexibility index (Phi) is 7.79. The predicted octanol–water partition coefficient (Wildman–Crippen LogP) is 4.30. The molecule has 1 saturated carbocycles. The minimum Gasteiger partial charge on any atom is -0.466 e. The van der Waals surface area contributed by atoms with Crippen LogP contribution in [0.25, 0.3) is 28.1 Å². The summed E-state index contributed by atoms with van der Waals surface area (Å²) < 4.78 is 6.50. The number of ether oxygens (including phenoxy) is 1. The van der Waals surface area contributed by atoms with E-state index in [9.17, 15) is 14.7 Å². The Morgan fingerprint density at radius 2 is 1.90 bits per heavy atom. The number of nitrogens with zero attached hydrogens (tertiary/aromatic N) is 5. The lowest BCUT2D eigenvalue weighted by molar-refractivity contribution is -0.134. The summed E-state index contributed by atoms with van der Waals surface area (Å²) in [4.78, 5) is 35.7. The van der Waals surface area contributed by atoms with Gasteiger partial charge in [0.15, 0.2) is 5.82 Å². The second kappa shape index (κ2) is 11.6. The molecule has 39 heavy (non-hydrogen) atoms. The molecule has 2 heterocycles. The highest BCUT2D eigenvalue weighted by Gasteiger charge is 2.31. The van der Waals surface area contributed by atoms with Crippen LogP contribution in [0.5, 0.6) is 0 Å². The summed E-state index contributed by atoms with van der Waals surface area (Å²) in [6, 6.07) is 14.4. The summed E-state index contributed by atoms with van der Waals surface area (Å²) in [6.45, 7) is 0.298. The number of carbonyl (C=O) groups excluding carboxylic acids is 2. The number of fused-ring (bicyclic) bond motifs is 1. The fraction of sp³-hybridized carbons (Fsp3) is 0.300. The van der Waals surface area contributed by atoms with Gasteiger partial charge in [0.2, 0.25) is 5.91 Å². The first-order valence-electron chi connectivity index (χ1n) is 13.0. The van der Waals surface area contributed by atoms with Crippen LogP contribution in [-0.4, -0.2) is 49.9 Å². The number of carbonyl (C=O) groups is 2. The van der Waals surface area contributed by atoms with E-state index in [1.54, 1.807) is 11.1 Å². The van der Waals surface area contributed by atoms with Gasteiger partial charge in [0.05, 0.1) is 49.6 Å². The summed E-state index contributed by atoms with van der Waals surface area (Å²) in [5, 5.41) is 15.6. The van der Waals surface area contributed by atoms with Crippen LogP contribution in [0, 0.1) is 5.92 Å².